The predicted octanol–water partition coefficient (Wildman–Crippen LogP) is 5.63. The fourth-order valence-corrected chi connectivity index (χ4v) is 4.93. The van der Waals surface area contributed by atoms with Crippen LogP contribution < -0.4 is 9.47 Å². The lowest BCUT2D eigenvalue weighted by Gasteiger charge is -2.30. The summed E-state index contributed by atoms with van der Waals surface area (Å²) in [4.78, 5) is 33.9. The Hall–Kier alpha value is -4.26. The average molecular weight is 542 g/mol. The van der Waals surface area contributed by atoms with Crippen molar-refractivity contribution in [1.29, 1.82) is 0 Å². The van der Waals surface area contributed by atoms with Crippen LogP contribution in [0.3, 0.4) is 0 Å². The summed E-state index contributed by atoms with van der Waals surface area (Å²) in [6.45, 7) is 4.86. The molecule has 1 N–H and O–H groups in total. The highest BCUT2D eigenvalue weighted by Crippen LogP contribution is 2.28. The maximum atomic E-state index is 13.8. The highest BCUT2D eigenvalue weighted by molar-refractivity contribution is 5.86. The topological polar surface area (TPSA) is 74.9 Å². The zero-order valence-electron chi connectivity index (χ0n) is 23.9. The molecule has 0 radical (unpaired) electrons. The van der Waals surface area contributed by atoms with E-state index in [1.165, 1.54) is 0 Å². The lowest BCUT2D eigenvalue weighted by Crippen LogP contribution is -2.46. The van der Waals surface area contributed by atoms with Crippen LogP contribution in [0.25, 0.3) is 10.9 Å². The lowest BCUT2D eigenvalue weighted by molar-refractivity contribution is -0.142. The standard InChI is InChI=1S/C33H39N3O4/c1-24(2)36(32(37)17-15-25-10-6-5-7-11-25)23-33(38)35(22-26-14-16-30(39-3)31(20-26)40-4)19-18-27-21-34-29-13-9-8-12-28(27)29/h5-14,16,20-21,24,34H,15,17-19,22-23H2,1-4H3. The van der Waals surface area contributed by atoms with Gasteiger partial charge in [0.15, 0.2) is 11.5 Å². The smallest absolute Gasteiger partial charge is 0.242 e. The Labute approximate surface area is 236 Å². The lowest BCUT2D eigenvalue weighted by atomic mass is 10.1. The molecule has 0 fully saturated rings. The first-order chi connectivity index (χ1) is 19.4. The van der Waals surface area contributed by atoms with E-state index in [1.807, 2.05) is 91.7 Å². The third kappa shape index (κ3) is 7.23. The number of fused-ring (bicyclic) bond motifs is 1. The van der Waals surface area contributed by atoms with Gasteiger partial charge in [-0.2, -0.15) is 0 Å². The molecule has 0 atom stereocenters. The highest BCUT2D eigenvalue weighted by Gasteiger charge is 2.24. The van der Waals surface area contributed by atoms with Gasteiger partial charge in [0.05, 0.1) is 20.8 Å². The predicted molar refractivity (Wildman–Crippen MR) is 159 cm³/mol. The Balaban J connectivity index is 1.51. The van der Waals surface area contributed by atoms with Gasteiger partial charge < -0.3 is 24.3 Å². The van der Waals surface area contributed by atoms with Crippen molar-refractivity contribution in [3.63, 3.8) is 0 Å². The molecule has 7 heteroatoms. The van der Waals surface area contributed by atoms with Crippen molar-refractivity contribution < 1.29 is 19.1 Å². The van der Waals surface area contributed by atoms with Crippen molar-refractivity contribution in [3.05, 3.63) is 95.7 Å². The van der Waals surface area contributed by atoms with E-state index < -0.39 is 0 Å². The number of hydrogen-bond acceptors (Lipinski definition) is 4. The van der Waals surface area contributed by atoms with Gasteiger partial charge in [0.25, 0.3) is 0 Å². The minimum Gasteiger partial charge on any atom is -0.493 e. The summed E-state index contributed by atoms with van der Waals surface area (Å²) in [7, 11) is 3.20. The van der Waals surface area contributed by atoms with Crippen molar-refractivity contribution in [3.8, 4) is 11.5 Å². The zero-order valence-corrected chi connectivity index (χ0v) is 23.9. The zero-order chi connectivity index (χ0) is 28.5. The van der Waals surface area contributed by atoms with Gasteiger partial charge in [-0.25, -0.2) is 0 Å². The number of nitrogens with zero attached hydrogens (tertiary/aromatic N) is 2. The maximum absolute atomic E-state index is 13.8. The summed E-state index contributed by atoms with van der Waals surface area (Å²) in [5.41, 5.74) is 4.27. The van der Waals surface area contributed by atoms with E-state index in [1.54, 1.807) is 19.1 Å². The number of carbonyl (C=O) groups excluding carboxylic acids is 2. The number of H-pyrrole nitrogens is 1. The second-order valence-electron chi connectivity index (χ2n) is 10.2. The molecule has 0 saturated carbocycles. The van der Waals surface area contributed by atoms with Gasteiger partial charge in [0.1, 0.15) is 0 Å². The van der Waals surface area contributed by atoms with Crippen LogP contribution in [0.4, 0.5) is 0 Å². The molecule has 0 aliphatic rings. The van der Waals surface area contributed by atoms with Gasteiger partial charge in [-0.1, -0.05) is 54.6 Å². The number of hydrogen-bond donors (Lipinski definition) is 1. The molecule has 0 aliphatic carbocycles. The molecule has 7 nitrogen and oxygen atoms in total. The SMILES string of the molecule is COc1ccc(CN(CCc2c[nH]c3ccccc23)C(=O)CN(C(=O)CCc2ccccc2)C(C)C)cc1OC. The monoisotopic (exact) mass is 541 g/mol. The number of amides is 2. The number of aromatic amines is 1. The summed E-state index contributed by atoms with van der Waals surface area (Å²) in [5.74, 6) is 1.15. The third-order valence-corrected chi connectivity index (χ3v) is 7.22. The molecular formula is C33H39N3O4. The fraction of sp³-hybridized carbons (Fsp3) is 0.333. The van der Waals surface area contributed by atoms with Gasteiger partial charge in [-0.3, -0.25) is 9.59 Å². The quantitative estimate of drug-likeness (QED) is 0.238. The van der Waals surface area contributed by atoms with Crippen molar-refractivity contribution in [1.82, 2.24) is 14.8 Å². The average Bonchev–Trinajstić information content (AvgIpc) is 3.39. The number of benzene rings is 3. The van der Waals surface area contributed by atoms with E-state index in [4.69, 9.17) is 9.47 Å². The first-order valence-corrected chi connectivity index (χ1v) is 13.8. The van der Waals surface area contributed by atoms with Gasteiger partial charge in [0, 0.05) is 42.7 Å². The van der Waals surface area contributed by atoms with Crippen molar-refractivity contribution in [2.24, 2.45) is 0 Å². The molecule has 0 bridgehead atoms. The first kappa shape index (κ1) is 28.7. The van der Waals surface area contributed by atoms with Crippen LogP contribution in [0.5, 0.6) is 11.5 Å². The van der Waals surface area contributed by atoms with Crippen LogP contribution >= 0.6 is 0 Å². The van der Waals surface area contributed by atoms with Crippen LogP contribution in [0.2, 0.25) is 0 Å². The maximum Gasteiger partial charge on any atom is 0.242 e. The number of ether oxygens (including phenoxy) is 2. The van der Waals surface area contributed by atoms with Crippen LogP contribution in [0.15, 0.2) is 79.0 Å². The number of carbonyl (C=O) groups is 2. The molecule has 2 amide bonds. The Kier molecular flexibility index (Phi) is 9.84. The number of para-hydroxylation sites is 1. The molecule has 1 heterocycles. The number of aromatic nitrogens is 1. The van der Waals surface area contributed by atoms with E-state index in [9.17, 15) is 9.59 Å². The summed E-state index contributed by atoms with van der Waals surface area (Å²) in [6.07, 6.45) is 3.71. The number of methoxy groups -OCH3 is 2. The normalized spacial score (nSPS) is 11.0. The summed E-state index contributed by atoms with van der Waals surface area (Å²) in [6, 6.07) is 23.7. The van der Waals surface area contributed by atoms with Gasteiger partial charge in [-0.05, 0) is 61.6 Å². The molecule has 1 aromatic heterocycles. The molecule has 0 aliphatic heterocycles. The molecule has 3 aromatic carbocycles. The minimum absolute atomic E-state index is 0.0186. The Morgan fingerprint density at radius 2 is 1.55 bits per heavy atom. The largest absolute Gasteiger partial charge is 0.493 e. The Bertz CT molecular complexity index is 1410. The van der Waals surface area contributed by atoms with Crippen LogP contribution in [-0.2, 0) is 29.0 Å². The highest BCUT2D eigenvalue weighted by atomic mass is 16.5. The molecule has 4 rings (SSSR count). The van der Waals surface area contributed by atoms with E-state index >= 15 is 0 Å². The molecule has 40 heavy (non-hydrogen) atoms. The van der Waals surface area contributed by atoms with Crippen LogP contribution in [0.1, 0.15) is 37.0 Å². The van der Waals surface area contributed by atoms with Crippen LogP contribution in [0, 0.1) is 0 Å². The van der Waals surface area contributed by atoms with Gasteiger partial charge in [0.2, 0.25) is 11.8 Å². The second kappa shape index (κ2) is 13.7. The van der Waals surface area contributed by atoms with E-state index in [0.29, 0.717) is 43.9 Å². The Morgan fingerprint density at radius 3 is 2.27 bits per heavy atom. The number of aryl methyl sites for hydroxylation is 1. The molecular weight excluding hydrogens is 502 g/mol. The molecule has 210 valence electrons. The number of nitrogens with one attached hydrogen (secondary N) is 1. The van der Waals surface area contributed by atoms with Gasteiger partial charge in [-0.15, -0.1) is 0 Å². The molecule has 0 spiro atoms. The summed E-state index contributed by atoms with van der Waals surface area (Å²) in [5, 5.41) is 1.15. The molecule has 0 unspecified atom stereocenters. The van der Waals surface area contributed by atoms with Crippen molar-refractivity contribution in [2.45, 2.75) is 45.7 Å². The Morgan fingerprint density at radius 1 is 0.825 bits per heavy atom. The molecule has 0 saturated heterocycles. The second-order valence-corrected chi connectivity index (χ2v) is 10.2. The number of rotatable bonds is 13. The van der Waals surface area contributed by atoms with Crippen molar-refractivity contribution in [2.75, 3.05) is 27.3 Å². The summed E-state index contributed by atoms with van der Waals surface area (Å²) < 4.78 is 10.9. The van der Waals surface area contributed by atoms with Crippen LogP contribution in [-0.4, -0.2) is 59.9 Å². The summed E-state index contributed by atoms with van der Waals surface area (Å²) >= 11 is 0. The van der Waals surface area contributed by atoms with Crippen molar-refractivity contribution >= 4 is 22.7 Å². The van der Waals surface area contributed by atoms with E-state index in [0.717, 1.165) is 27.6 Å². The third-order valence-electron chi connectivity index (χ3n) is 7.22. The van der Waals surface area contributed by atoms with E-state index in [2.05, 4.69) is 11.1 Å². The minimum atomic E-state index is -0.0937. The van der Waals surface area contributed by atoms with Gasteiger partial charge >= 0.3 is 0 Å². The van der Waals surface area contributed by atoms with E-state index in [-0.39, 0.29) is 24.4 Å². The molecule has 4 aromatic rings. The first-order valence-electron chi connectivity index (χ1n) is 13.8. The fourth-order valence-electron chi connectivity index (χ4n) is 4.93.